The lowest BCUT2D eigenvalue weighted by Crippen LogP contribution is -2.12. The Hall–Kier alpha value is -0.760. The van der Waals surface area contributed by atoms with Crippen LogP contribution in [0.15, 0.2) is 12.1 Å². The Morgan fingerprint density at radius 3 is 2.69 bits per heavy atom. The summed E-state index contributed by atoms with van der Waals surface area (Å²) in [5.41, 5.74) is -0.203. The van der Waals surface area contributed by atoms with Gasteiger partial charge in [0.05, 0.1) is 9.26 Å². The quantitative estimate of drug-likeness (QED) is 0.629. The second-order valence-electron chi connectivity index (χ2n) is 2.25. The smallest absolute Gasteiger partial charge is 0.338 e. The van der Waals surface area contributed by atoms with Gasteiger partial charge in [-0.3, -0.25) is 0 Å². The Kier molecular flexibility index (Phi) is 3.15. The molecule has 0 aromatic carbocycles. The van der Waals surface area contributed by atoms with Crippen LogP contribution in [0.25, 0.3) is 0 Å². The maximum Gasteiger partial charge on any atom is 0.338 e. The van der Waals surface area contributed by atoms with E-state index in [1.54, 1.807) is 22.6 Å². The van der Waals surface area contributed by atoms with E-state index in [0.29, 0.717) is 0 Å². The Labute approximate surface area is 86.6 Å². The van der Waals surface area contributed by atoms with Gasteiger partial charge >= 0.3 is 5.97 Å². The minimum atomic E-state index is -1.77. The highest BCUT2D eigenvalue weighted by Crippen LogP contribution is 2.14. The molecule has 1 unspecified atom stereocenters. The molecular formula is C7H5FINO3. The summed E-state index contributed by atoms with van der Waals surface area (Å²) in [6, 6.07) is 2.62. The third-order valence-electron chi connectivity index (χ3n) is 1.34. The highest BCUT2D eigenvalue weighted by atomic mass is 127. The van der Waals surface area contributed by atoms with Gasteiger partial charge in [0.15, 0.2) is 6.10 Å². The van der Waals surface area contributed by atoms with Gasteiger partial charge in [-0.15, -0.1) is 0 Å². The first-order valence-electron chi connectivity index (χ1n) is 3.25. The van der Waals surface area contributed by atoms with E-state index in [9.17, 15) is 9.18 Å². The first kappa shape index (κ1) is 10.3. The number of aliphatic hydroxyl groups is 1. The number of aromatic nitrogens is 1. The van der Waals surface area contributed by atoms with Gasteiger partial charge in [-0.1, -0.05) is 0 Å². The van der Waals surface area contributed by atoms with Gasteiger partial charge in [0, 0.05) is 0 Å². The molecule has 1 aromatic heterocycles. The van der Waals surface area contributed by atoms with E-state index in [4.69, 9.17) is 10.2 Å². The second-order valence-corrected chi connectivity index (χ2v) is 3.41. The second kappa shape index (κ2) is 3.97. The van der Waals surface area contributed by atoms with E-state index in [1.165, 1.54) is 12.1 Å². The third-order valence-corrected chi connectivity index (χ3v) is 2.14. The first-order valence-corrected chi connectivity index (χ1v) is 4.33. The number of halogens is 2. The lowest BCUT2D eigenvalue weighted by Gasteiger charge is -2.04. The lowest BCUT2D eigenvalue weighted by atomic mass is 10.2. The SMILES string of the molecule is O=C(O)C(O)c1ccc(I)c(F)n1. The number of nitrogens with zero attached hydrogens (tertiary/aromatic N) is 1. The molecule has 0 aliphatic rings. The van der Waals surface area contributed by atoms with E-state index in [0.717, 1.165) is 0 Å². The van der Waals surface area contributed by atoms with Crippen LogP contribution in [0.1, 0.15) is 11.8 Å². The lowest BCUT2D eigenvalue weighted by molar-refractivity contribution is -0.147. The summed E-state index contributed by atoms with van der Waals surface area (Å²) in [5, 5.41) is 17.4. The molecule has 4 nitrogen and oxygen atoms in total. The highest BCUT2D eigenvalue weighted by Gasteiger charge is 2.18. The van der Waals surface area contributed by atoms with Gasteiger partial charge in [-0.2, -0.15) is 4.39 Å². The van der Waals surface area contributed by atoms with Crippen molar-refractivity contribution in [2.24, 2.45) is 0 Å². The predicted octanol–water partition coefficient (Wildman–Crippen LogP) is 0.943. The van der Waals surface area contributed by atoms with Crippen molar-refractivity contribution >= 4 is 28.6 Å². The average Bonchev–Trinajstić information content (AvgIpc) is 2.08. The summed E-state index contributed by atoms with van der Waals surface area (Å²) in [7, 11) is 0. The van der Waals surface area contributed by atoms with E-state index < -0.39 is 18.0 Å². The van der Waals surface area contributed by atoms with Gasteiger partial charge in [0.1, 0.15) is 0 Å². The van der Waals surface area contributed by atoms with Crippen LogP contribution in [0.5, 0.6) is 0 Å². The number of aliphatic carboxylic acids is 1. The number of carboxylic acids is 1. The maximum absolute atomic E-state index is 12.8. The van der Waals surface area contributed by atoms with Crippen molar-refractivity contribution < 1.29 is 19.4 Å². The first-order chi connectivity index (χ1) is 6.02. The van der Waals surface area contributed by atoms with Gasteiger partial charge in [-0.05, 0) is 34.7 Å². The van der Waals surface area contributed by atoms with Gasteiger partial charge in [0.25, 0.3) is 0 Å². The molecule has 70 valence electrons. The van der Waals surface area contributed by atoms with Crippen molar-refractivity contribution in [3.63, 3.8) is 0 Å². The molecule has 0 radical (unpaired) electrons. The summed E-state index contributed by atoms with van der Waals surface area (Å²) in [4.78, 5) is 13.6. The summed E-state index contributed by atoms with van der Waals surface area (Å²) >= 11 is 1.72. The zero-order chi connectivity index (χ0) is 10.0. The fraction of sp³-hybridized carbons (Fsp3) is 0.143. The van der Waals surface area contributed by atoms with Crippen LogP contribution in [-0.4, -0.2) is 21.2 Å². The molecule has 0 aliphatic heterocycles. The van der Waals surface area contributed by atoms with E-state index >= 15 is 0 Å². The summed E-state index contributed by atoms with van der Waals surface area (Å²) in [6.45, 7) is 0. The molecule has 0 spiro atoms. The Balaban J connectivity index is 3.03. The highest BCUT2D eigenvalue weighted by molar-refractivity contribution is 14.1. The van der Waals surface area contributed by atoms with Gasteiger partial charge in [-0.25, -0.2) is 9.78 Å². The summed E-state index contributed by atoms with van der Waals surface area (Å²) in [5.74, 6) is -2.23. The number of rotatable bonds is 2. The molecule has 0 saturated heterocycles. The third kappa shape index (κ3) is 2.34. The van der Waals surface area contributed by atoms with E-state index in [2.05, 4.69) is 4.98 Å². The fourth-order valence-corrected chi connectivity index (χ4v) is 1.01. The molecule has 1 heterocycles. The number of pyridine rings is 1. The zero-order valence-corrected chi connectivity index (χ0v) is 8.40. The molecule has 1 rings (SSSR count). The van der Waals surface area contributed by atoms with Crippen LogP contribution >= 0.6 is 22.6 Å². The zero-order valence-electron chi connectivity index (χ0n) is 6.24. The van der Waals surface area contributed by atoms with Crippen molar-refractivity contribution in [3.05, 3.63) is 27.3 Å². The number of hydrogen-bond donors (Lipinski definition) is 2. The molecule has 13 heavy (non-hydrogen) atoms. The maximum atomic E-state index is 12.8. The molecule has 0 amide bonds. The molecule has 2 N–H and O–H groups in total. The summed E-state index contributed by atoms with van der Waals surface area (Å²) < 4.78 is 13.1. The largest absolute Gasteiger partial charge is 0.479 e. The Morgan fingerprint density at radius 1 is 1.62 bits per heavy atom. The normalized spacial score (nSPS) is 12.5. The monoisotopic (exact) mass is 297 g/mol. The van der Waals surface area contributed by atoms with Crippen molar-refractivity contribution in [3.8, 4) is 0 Å². The summed E-state index contributed by atoms with van der Waals surface area (Å²) in [6.07, 6.45) is -1.77. The minimum absolute atomic E-state index is 0.203. The average molecular weight is 297 g/mol. The molecule has 0 bridgehead atoms. The standard InChI is InChI=1S/C7H5FINO3/c8-6-3(9)1-2-4(10-6)5(11)7(12)13/h1-2,5,11H,(H,12,13). The van der Waals surface area contributed by atoms with Crippen LogP contribution < -0.4 is 0 Å². The predicted molar refractivity (Wildman–Crippen MR) is 49.5 cm³/mol. The topological polar surface area (TPSA) is 70.4 Å². The van der Waals surface area contributed by atoms with Gasteiger partial charge in [0.2, 0.25) is 5.95 Å². The van der Waals surface area contributed by atoms with Crippen LogP contribution in [0.4, 0.5) is 4.39 Å². The van der Waals surface area contributed by atoms with Crippen LogP contribution in [-0.2, 0) is 4.79 Å². The van der Waals surface area contributed by atoms with Crippen LogP contribution in [0, 0.1) is 9.52 Å². The van der Waals surface area contributed by atoms with Crippen molar-refractivity contribution in [2.75, 3.05) is 0 Å². The van der Waals surface area contributed by atoms with Crippen LogP contribution in [0.2, 0.25) is 0 Å². The van der Waals surface area contributed by atoms with Crippen LogP contribution in [0.3, 0.4) is 0 Å². The number of aliphatic hydroxyl groups excluding tert-OH is 1. The molecule has 0 saturated carbocycles. The van der Waals surface area contributed by atoms with E-state index in [1.807, 2.05) is 0 Å². The number of carboxylic acid groups (broad SMARTS) is 1. The molecule has 6 heteroatoms. The minimum Gasteiger partial charge on any atom is -0.479 e. The Morgan fingerprint density at radius 2 is 2.23 bits per heavy atom. The molecule has 1 aromatic rings. The molecule has 0 fully saturated rings. The Bertz CT molecular complexity index is 345. The van der Waals surface area contributed by atoms with Gasteiger partial charge < -0.3 is 10.2 Å². The number of carbonyl (C=O) groups is 1. The van der Waals surface area contributed by atoms with Crippen molar-refractivity contribution in [2.45, 2.75) is 6.10 Å². The number of hydrogen-bond acceptors (Lipinski definition) is 3. The molecule has 1 atom stereocenters. The van der Waals surface area contributed by atoms with Crippen molar-refractivity contribution in [1.82, 2.24) is 4.98 Å². The molecular weight excluding hydrogens is 292 g/mol. The fourth-order valence-electron chi connectivity index (χ4n) is 0.710. The van der Waals surface area contributed by atoms with Crippen molar-refractivity contribution in [1.29, 1.82) is 0 Å². The molecule has 0 aliphatic carbocycles. The van der Waals surface area contributed by atoms with E-state index in [-0.39, 0.29) is 9.26 Å².